The Balaban J connectivity index is 0.961. The Hall–Kier alpha value is -6.42. The van der Waals surface area contributed by atoms with Crippen LogP contribution >= 0.6 is 46.4 Å². The number of halogens is 4. The Kier molecular flexibility index (Phi) is 9.10. The fourth-order valence-electron chi connectivity index (χ4n) is 7.39. The topological polar surface area (TPSA) is 127 Å². The number of anilines is 4. The van der Waals surface area contributed by atoms with Crippen LogP contribution in [0.1, 0.15) is 41.4 Å². The van der Waals surface area contributed by atoms with Crippen molar-refractivity contribution < 1.29 is 19.2 Å². The summed E-state index contributed by atoms with van der Waals surface area (Å²) in [5.74, 6) is -1.96. The Bertz CT molecular complexity index is 2690. The second kappa shape index (κ2) is 14.2. The number of hydrogen-bond acceptors (Lipinski definition) is 6. The number of nitrogens with two attached hydrogens (primary N) is 2. The Labute approximate surface area is 351 Å². The van der Waals surface area contributed by atoms with E-state index in [0.29, 0.717) is 33.6 Å². The number of carbonyl (C=O) groups is 4. The third-order valence-corrected chi connectivity index (χ3v) is 11.5. The summed E-state index contributed by atoms with van der Waals surface area (Å²) < 4.78 is 0. The molecule has 0 unspecified atom stereocenters. The smallest absolute Gasteiger partial charge is 0.266 e. The Morgan fingerprint density at radius 2 is 0.603 bits per heavy atom. The first kappa shape index (κ1) is 37.2. The molecular formula is C46H26Cl4N4O4. The first-order chi connectivity index (χ1) is 27.9. The maximum Gasteiger partial charge on any atom is 0.266 e. The lowest BCUT2D eigenvalue weighted by Crippen LogP contribution is -2.29. The average molecular weight is 841 g/mol. The zero-order valence-corrected chi connectivity index (χ0v) is 32.9. The second-order valence-electron chi connectivity index (χ2n) is 13.8. The fourth-order valence-corrected chi connectivity index (χ4v) is 8.78. The van der Waals surface area contributed by atoms with Crippen LogP contribution in [-0.4, -0.2) is 23.6 Å². The van der Waals surface area contributed by atoms with Crippen LogP contribution in [0.5, 0.6) is 0 Å². The molecule has 0 aliphatic carbocycles. The van der Waals surface area contributed by atoms with Gasteiger partial charge in [-0.15, -0.1) is 0 Å². The normalized spacial score (nSPS) is 13.4. The van der Waals surface area contributed by atoms with Gasteiger partial charge in [0.2, 0.25) is 0 Å². The van der Waals surface area contributed by atoms with E-state index in [1.807, 2.05) is 24.3 Å². The zero-order chi connectivity index (χ0) is 40.6. The van der Waals surface area contributed by atoms with Crippen molar-refractivity contribution in [2.45, 2.75) is 0 Å². The van der Waals surface area contributed by atoms with E-state index < -0.39 is 23.6 Å². The maximum absolute atomic E-state index is 13.6. The highest BCUT2D eigenvalue weighted by atomic mass is 35.5. The lowest BCUT2D eigenvalue weighted by molar-refractivity contribution is 0.0910. The molecular weight excluding hydrogens is 814 g/mol. The van der Waals surface area contributed by atoms with E-state index in [2.05, 4.69) is 0 Å². The number of nitrogens with zero attached hydrogens (tertiary/aromatic N) is 2. The number of imide groups is 2. The molecule has 8 nitrogen and oxygen atoms in total. The molecule has 0 saturated heterocycles. The van der Waals surface area contributed by atoms with E-state index in [0.717, 1.165) is 32.1 Å². The molecule has 0 bridgehead atoms. The minimum atomic E-state index is -0.493. The summed E-state index contributed by atoms with van der Waals surface area (Å²) >= 11 is 27.2. The fraction of sp³-hybridized carbons (Fsp3) is 0. The van der Waals surface area contributed by atoms with Crippen LogP contribution in [0.15, 0.2) is 133 Å². The van der Waals surface area contributed by atoms with Gasteiger partial charge in [0.1, 0.15) is 0 Å². The van der Waals surface area contributed by atoms with Crippen LogP contribution in [0.4, 0.5) is 22.7 Å². The summed E-state index contributed by atoms with van der Waals surface area (Å²) in [6.07, 6.45) is 0. The highest BCUT2D eigenvalue weighted by Gasteiger charge is 2.39. The first-order valence-corrected chi connectivity index (χ1v) is 19.3. The molecule has 2 aliphatic heterocycles. The lowest BCUT2D eigenvalue weighted by atomic mass is 9.99. The van der Waals surface area contributed by atoms with Crippen molar-refractivity contribution in [3.8, 4) is 44.5 Å². The van der Waals surface area contributed by atoms with E-state index in [1.165, 1.54) is 24.3 Å². The summed E-state index contributed by atoms with van der Waals surface area (Å²) in [6.45, 7) is 0. The molecule has 282 valence electrons. The van der Waals surface area contributed by atoms with Crippen molar-refractivity contribution in [3.63, 3.8) is 0 Å². The number of amides is 4. The van der Waals surface area contributed by atoms with Gasteiger partial charge in [0, 0.05) is 22.5 Å². The largest absolute Gasteiger partial charge is 0.399 e. The van der Waals surface area contributed by atoms with Gasteiger partial charge in [0.05, 0.1) is 53.7 Å². The molecule has 2 aliphatic rings. The van der Waals surface area contributed by atoms with E-state index in [1.54, 1.807) is 84.9 Å². The van der Waals surface area contributed by atoms with E-state index in [-0.39, 0.29) is 53.7 Å². The summed E-state index contributed by atoms with van der Waals surface area (Å²) in [6, 6.07) is 37.9. The first-order valence-electron chi connectivity index (χ1n) is 17.7. The molecule has 7 aromatic carbocycles. The average Bonchev–Trinajstić information content (AvgIpc) is 3.61. The molecule has 12 heteroatoms. The van der Waals surface area contributed by atoms with Gasteiger partial charge in [0.15, 0.2) is 0 Å². The number of nitrogen functional groups attached to an aromatic ring is 2. The van der Waals surface area contributed by atoms with Crippen molar-refractivity contribution >= 4 is 92.8 Å². The molecule has 7 aromatic rings. The number of carbonyl (C=O) groups excluding carboxylic acids is 4. The third-order valence-electron chi connectivity index (χ3n) is 10.3. The Morgan fingerprint density at radius 3 is 0.931 bits per heavy atom. The summed E-state index contributed by atoms with van der Waals surface area (Å²) in [5, 5.41) is 0.875. The summed E-state index contributed by atoms with van der Waals surface area (Å²) in [5.41, 5.74) is 19.9. The van der Waals surface area contributed by atoms with Crippen LogP contribution < -0.4 is 21.3 Å². The van der Waals surface area contributed by atoms with Gasteiger partial charge in [-0.1, -0.05) is 107 Å². The minimum absolute atomic E-state index is 0.219. The van der Waals surface area contributed by atoms with Crippen molar-refractivity contribution in [1.29, 1.82) is 0 Å². The van der Waals surface area contributed by atoms with Crippen LogP contribution in [0, 0.1) is 0 Å². The zero-order valence-electron chi connectivity index (χ0n) is 29.9. The quantitative estimate of drug-likeness (QED) is 0.127. The van der Waals surface area contributed by atoms with E-state index in [9.17, 15) is 19.2 Å². The van der Waals surface area contributed by atoms with Crippen molar-refractivity contribution in [3.05, 3.63) is 176 Å². The molecule has 0 aromatic heterocycles. The maximum atomic E-state index is 13.6. The highest BCUT2D eigenvalue weighted by Crippen LogP contribution is 2.44. The molecule has 58 heavy (non-hydrogen) atoms. The van der Waals surface area contributed by atoms with Gasteiger partial charge in [0.25, 0.3) is 23.6 Å². The third kappa shape index (κ3) is 6.18. The van der Waals surface area contributed by atoms with E-state index >= 15 is 0 Å². The van der Waals surface area contributed by atoms with Gasteiger partial charge >= 0.3 is 0 Å². The molecule has 4 N–H and O–H groups in total. The second-order valence-corrected chi connectivity index (χ2v) is 15.4. The van der Waals surface area contributed by atoms with E-state index in [4.69, 9.17) is 57.9 Å². The van der Waals surface area contributed by atoms with Gasteiger partial charge in [-0.05, 0) is 106 Å². The van der Waals surface area contributed by atoms with Crippen LogP contribution in [0.25, 0.3) is 44.5 Å². The molecule has 4 amide bonds. The number of fused-ring (bicyclic) bond motifs is 2. The number of hydrogen-bond donors (Lipinski definition) is 2. The molecule has 2 heterocycles. The van der Waals surface area contributed by atoms with Crippen LogP contribution in [0.2, 0.25) is 20.1 Å². The predicted molar refractivity (Wildman–Crippen MR) is 232 cm³/mol. The SMILES string of the molecule is Nc1ccc(-c2ccc3c(c2)C(=O)N(c2cc(Cl)c(-c4ccc(-c5c(Cl)cc(N6C(=O)c7ccc(-c8ccc(N)cc8)cc7C6=O)cc5Cl)cc4)c(Cl)c2)C3=O)cc1. The highest BCUT2D eigenvalue weighted by molar-refractivity contribution is 6.42. The van der Waals surface area contributed by atoms with Crippen LogP contribution in [-0.2, 0) is 0 Å². The molecule has 0 radical (unpaired) electrons. The monoisotopic (exact) mass is 838 g/mol. The predicted octanol–water partition coefficient (Wildman–Crippen LogP) is 11.7. The van der Waals surface area contributed by atoms with Crippen molar-refractivity contribution in [2.24, 2.45) is 0 Å². The van der Waals surface area contributed by atoms with Crippen molar-refractivity contribution in [2.75, 3.05) is 21.3 Å². The molecule has 9 rings (SSSR count). The lowest BCUT2D eigenvalue weighted by Gasteiger charge is -2.18. The molecule has 0 fully saturated rings. The molecule has 0 atom stereocenters. The van der Waals surface area contributed by atoms with Gasteiger partial charge in [-0.3, -0.25) is 19.2 Å². The van der Waals surface area contributed by atoms with Gasteiger partial charge < -0.3 is 11.5 Å². The van der Waals surface area contributed by atoms with Crippen LogP contribution in [0.3, 0.4) is 0 Å². The Morgan fingerprint density at radius 1 is 0.328 bits per heavy atom. The number of rotatable bonds is 6. The minimum Gasteiger partial charge on any atom is -0.399 e. The molecule has 0 spiro atoms. The van der Waals surface area contributed by atoms with Gasteiger partial charge in [-0.25, -0.2) is 9.80 Å². The standard InChI is InChI=1S/C46H26Cl4N4O4/c47-37-19-31(53-43(55)33-15-9-27(17-35(33)45(53)57)23-5-11-29(51)12-6-23)20-38(48)41(37)25-1-2-26(4-3-25)42-39(49)21-32(22-40(42)50)54-44(56)34-16-10-28(18-36(34)46(54)58)24-7-13-30(52)14-8-24/h1-22H,51-52H2. The number of benzene rings is 7. The molecule has 0 saturated carbocycles. The van der Waals surface area contributed by atoms with Gasteiger partial charge in [-0.2, -0.15) is 0 Å². The summed E-state index contributed by atoms with van der Waals surface area (Å²) in [4.78, 5) is 56.4. The van der Waals surface area contributed by atoms with Crippen molar-refractivity contribution in [1.82, 2.24) is 0 Å². The summed E-state index contributed by atoms with van der Waals surface area (Å²) in [7, 11) is 0.